The van der Waals surface area contributed by atoms with Gasteiger partial charge in [0.25, 0.3) is 0 Å². The second-order valence-corrected chi connectivity index (χ2v) is 6.82. The van der Waals surface area contributed by atoms with E-state index in [0.717, 1.165) is 0 Å². The first-order chi connectivity index (χ1) is 10.8. The zero-order chi connectivity index (χ0) is 19.4. The average molecular weight is 375 g/mol. The Hall–Kier alpha value is 0.124. The van der Waals surface area contributed by atoms with E-state index in [9.17, 15) is 0 Å². The predicted molar refractivity (Wildman–Crippen MR) is 106 cm³/mol. The van der Waals surface area contributed by atoms with Crippen molar-refractivity contribution in [2.75, 3.05) is 0 Å². The first-order valence-corrected chi connectivity index (χ1v) is 8.43. The van der Waals surface area contributed by atoms with Gasteiger partial charge in [-0.15, -0.1) is 0 Å². The largest absolute Gasteiger partial charge is 3.00 e. The fraction of sp³-hybridized carbons (Fsp3) is 0.435. The van der Waals surface area contributed by atoms with Crippen molar-refractivity contribution >= 4 is 0 Å². The summed E-state index contributed by atoms with van der Waals surface area (Å²) in [5.41, 5.74) is 0. The Balaban J connectivity index is 0. The molecule has 0 bridgehead atoms. The molecule has 0 amide bonds. The number of rotatable bonds is 0. The summed E-state index contributed by atoms with van der Waals surface area (Å²) < 4.78 is 0. The fourth-order valence-electron chi connectivity index (χ4n) is 2.81. The van der Waals surface area contributed by atoms with Gasteiger partial charge in [0.05, 0.1) is 0 Å². The first kappa shape index (κ1) is 27.3. The van der Waals surface area contributed by atoms with Crippen LogP contribution < -0.4 is 0 Å². The van der Waals surface area contributed by atoms with Gasteiger partial charge in [0, 0.05) is 0 Å². The molecule has 25 heavy (non-hydrogen) atoms. The van der Waals surface area contributed by atoms with Crippen molar-refractivity contribution in [1.29, 1.82) is 0 Å². The van der Waals surface area contributed by atoms with Crippen LogP contribution in [0.5, 0.6) is 0 Å². The first-order valence-electron chi connectivity index (χ1n) is 8.43. The van der Waals surface area contributed by atoms with Crippen LogP contribution in [-0.4, -0.2) is 5.11 Å². The number of aliphatic hydroxyl groups is 1. The van der Waals surface area contributed by atoms with E-state index in [4.69, 9.17) is 5.11 Å². The Labute approximate surface area is 174 Å². The summed E-state index contributed by atoms with van der Waals surface area (Å²) >= 11 is 0. The van der Waals surface area contributed by atoms with E-state index in [1.54, 1.807) is 0 Å². The molecule has 2 fully saturated rings. The molecule has 135 valence electrons. The molecule has 0 aromatic heterocycles. The minimum Gasteiger partial charge on any atom is -0.546 e. The van der Waals surface area contributed by atoms with E-state index in [1.807, 2.05) is 0 Å². The zero-order valence-corrected chi connectivity index (χ0v) is 19.4. The smallest absolute Gasteiger partial charge is 0.546 e. The summed E-state index contributed by atoms with van der Waals surface area (Å²) in [6.45, 7) is 28.0. The van der Waals surface area contributed by atoms with Crippen LogP contribution in [0.15, 0.2) is 12.3 Å². The van der Waals surface area contributed by atoms with Crippen molar-refractivity contribution in [3.8, 4) is 0 Å². The molecule has 2 rings (SSSR count). The second-order valence-electron chi connectivity index (χ2n) is 6.82. The summed E-state index contributed by atoms with van der Waals surface area (Å²) in [6, 6.07) is 0. The van der Waals surface area contributed by atoms with Crippen molar-refractivity contribution in [1.82, 2.24) is 0 Å². The number of hydrogen-bond donors (Lipinski definition) is 1. The van der Waals surface area contributed by atoms with E-state index in [2.05, 4.69) is 82.7 Å². The maximum atomic E-state index is 7.75. The van der Waals surface area contributed by atoms with Crippen molar-refractivity contribution in [2.45, 2.75) is 69.2 Å². The minimum atomic E-state index is -0.0833. The van der Waals surface area contributed by atoms with Crippen LogP contribution in [0.2, 0.25) is 0 Å². The Morgan fingerprint density at radius 2 is 0.560 bits per heavy atom. The molecule has 0 aromatic rings. The summed E-state index contributed by atoms with van der Waals surface area (Å²) in [5.74, 6) is 14.6. The van der Waals surface area contributed by atoms with Crippen LogP contribution in [0.1, 0.15) is 69.2 Å². The molecule has 0 heterocycles. The van der Waals surface area contributed by atoms with E-state index in [-0.39, 0.29) is 27.5 Å². The van der Waals surface area contributed by atoms with Crippen molar-refractivity contribution < 1.29 is 26.8 Å². The Morgan fingerprint density at radius 1 is 0.520 bits per heavy atom. The molecule has 0 atom stereocenters. The molecule has 1 N–H and O–H groups in total. The average Bonchev–Trinajstić information content (AvgIpc) is 2.78. The minimum absolute atomic E-state index is 0. The summed E-state index contributed by atoms with van der Waals surface area (Å²) in [4.78, 5) is 0. The van der Waals surface area contributed by atoms with Crippen LogP contribution in [0.3, 0.4) is 0 Å². The van der Waals surface area contributed by atoms with E-state index in [0.29, 0.717) is 0 Å². The van der Waals surface area contributed by atoms with Gasteiger partial charge in [-0.2, -0.15) is 0 Å². The molecular formula is C23H35OTi+2. The summed E-state index contributed by atoms with van der Waals surface area (Å²) in [7, 11) is 0. The molecule has 2 aliphatic rings. The summed E-state index contributed by atoms with van der Waals surface area (Å²) in [6.07, 6.45) is 0. The molecule has 0 aromatic carbocycles. The molecule has 2 saturated carbocycles. The van der Waals surface area contributed by atoms with Crippen LogP contribution in [0, 0.1) is 66.1 Å². The van der Waals surface area contributed by atoms with Crippen LogP contribution in [0.4, 0.5) is 0 Å². The molecule has 11 radical (unpaired) electrons. The normalized spacial score (nSPS) is 23.8. The molecule has 0 saturated heterocycles. The van der Waals surface area contributed by atoms with Gasteiger partial charge in [0.1, 0.15) is 0 Å². The van der Waals surface area contributed by atoms with Gasteiger partial charge < -0.3 is 5.11 Å². The van der Waals surface area contributed by atoms with E-state index >= 15 is 0 Å². The Morgan fingerprint density at radius 3 is 0.600 bits per heavy atom. The molecular weight excluding hydrogens is 340 g/mol. The van der Waals surface area contributed by atoms with E-state index < -0.39 is 0 Å². The maximum absolute atomic E-state index is 7.75. The Bertz CT molecular complexity index is 257. The van der Waals surface area contributed by atoms with Crippen molar-refractivity contribution in [3.05, 3.63) is 78.4 Å². The number of aliphatic hydroxyl groups excluding tert-OH is 1. The van der Waals surface area contributed by atoms with Crippen molar-refractivity contribution in [3.63, 3.8) is 0 Å². The van der Waals surface area contributed by atoms with Gasteiger partial charge in [0.15, 0.2) is 0 Å². The van der Waals surface area contributed by atoms with Crippen molar-refractivity contribution in [2.24, 2.45) is 0 Å². The van der Waals surface area contributed by atoms with Crippen LogP contribution in [0.25, 0.3) is 0 Å². The van der Waals surface area contributed by atoms with E-state index in [1.165, 1.54) is 59.2 Å². The molecule has 2 heteroatoms. The second kappa shape index (κ2) is 11.8. The predicted octanol–water partition coefficient (Wildman–Crippen LogP) is 6.83. The molecule has 2 aliphatic carbocycles. The number of allylic oxidation sites excluding steroid dienone is 1. The molecule has 1 nitrogen and oxygen atoms in total. The monoisotopic (exact) mass is 375 g/mol. The molecule has 0 aliphatic heterocycles. The quantitative estimate of drug-likeness (QED) is 0.279. The van der Waals surface area contributed by atoms with Gasteiger partial charge in [-0.3, -0.25) is 0 Å². The SMILES string of the molecule is C=C([CH2-])O.C[C]1[C](C)[C](C)[C](C)[C]1C.C[C]1[C](C)[C](C)[C](C)[C]1C.[Ti+3]. The summed E-state index contributed by atoms with van der Waals surface area (Å²) in [5, 5.41) is 7.75. The van der Waals surface area contributed by atoms with Crippen LogP contribution >= 0.6 is 0 Å². The van der Waals surface area contributed by atoms with Gasteiger partial charge in [0.2, 0.25) is 0 Å². The maximum Gasteiger partial charge on any atom is 3.00 e. The Kier molecular flexibility index (Phi) is 12.9. The van der Waals surface area contributed by atoms with Gasteiger partial charge in [-0.05, 0) is 59.2 Å². The topological polar surface area (TPSA) is 20.2 Å². The van der Waals surface area contributed by atoms with Gasteiger partial charge in [-0.1, -0.05) is 75.0 Å². The van der Waals surface area contributed by atoms with Gasteiger partial charge in [-0.25, -0.2) is 13.5 Å². The third-order valence-electron chi connectivity index (χ3n) is 5.62. The molecule has 0 spiro atoms. The standard InChI is InChI=1S/2C10H15.C3H5O.Ti/c2*1-6-7(2)9(4)10(5)8(6)3;1-3(2)4;/h2*1-5H3;4H,1-2H2;/q;;-1;+3. The van der Waals surface area contributed by atoms with Crippen LogP contribution in [-0.2, 0) is 21.7 Å². The van der Waals surface area contributed by atoms with Gasteiger partial charge >= 0.3 is 21.7 Å². The zero-order valence-electron chi connectivity index (χ0n) is 17.9. The fourth-order valence-corrected chi connectivity index (χ4v) is 2.81. The third kappa shape index (κ3) is 7.33. The number of hydrogen-bond acceptors (Lipinski definition) is 1. The third-order valence-corrected chi connectivity index (χ3v) is 5.62. The molecule has 0 unspecified atom stereocenters.